The Morgan fingerprint density at radius 3 is 2.47 bits per heavy atom. The first-order valence-electron chi connectivity index (χ1n) is 4.81. The fourth-order valence-electron chi connectivity index (χ4n) is 1.94. The number of nitro benzene ring substituents is 1. The average Bonchev–Trinajstić information content (AvgIpc) is 2.51. The van der Waals surface area contributed by atoms with Gasteiger partial charge in [0.05, 0.1) is 4.92 Å². The lowest BCUT2D eigenvalue weighted by atomic mass is 10.00. The van der Waals surface area contributed by atoms with E-state index >= 15 is 0 Å². The van der Waals surface area contributed by atoms with Gasteiger partial charge in [0.2, 0.25) is 0 Å². The van der Waals surface area contributed by atoms with Crippen molar-refractivity contribution in [2.45, 2.75) is 6.92 Å². The lowest BCUT2D eigenvalue weighted by Crippen LogP contribution is -2.23. The zero-order valence-electron chi connectivity index (χ0n) is 8.80. The monoisotopic (exact) mass is 233 g/mol. The molecular weight excluding hydrogens is 226 g/mol. The number of fused-ring (bicyclic) bond motifs is 1. The molecule has 0 N–H and O–H groups in total. The number of hydrogen-bond acceptors (Lipinski definition) is 5. The molecule has 1 aromatic carbocycles. The van der Waals surface area contributed by atoms with Crippen molar-refractivity contribution in [2.75, 3.05) is 0 Å². The Balaban J connectivity index is 2.70. The second-order valence-electron chi connectivity index (χ2n) is 3.73. The standard InChI is InChI=1S/C11H7NO5/c1-5(13)8-10(14)6-3-2-4-7(12(16)17)9(6)11(8)15/h2-4,8H,1H3/t8-/m1/s1. The van der Waals surface area contributed by atoms with Gasteiger partial charge in [0.25, 0.3) is 5.69 Å². The van der Waals surface area contributed by atoms with Gasteiger partial charge in [-0.25, -0.2) is 0 Å². The van der Waals surface area contributed by atoms with E-state index in [1.165, 1.54) is 12.1 Å². The molecule has 0 unspecified atom stereocenters. The van der Waals surface area contributed by atoms with Crippen LogP contribution in [0.25, 0.3) is 0 Å². The molecule has 0 bridgehead atoms. The highest BCUT2D eigenvalue weighted by Crippen LogP contribution is 2.33. The normalized spacial score (nSPS) is 18.1. The summed E-state index contributed by atoms with van der Waals surface area (Å²) in [5, 5.41) is 10.7. The minimum absolute atomic E-state index is 0.0376. The number of rotatable bonds is 2. The van der Waals surface area contributed by atoms with Crippen molar-refractivity contribution in [1.29, 1.82) is 0 Å². The maximum atomic E-state index is 11.8. The number of Topliss-reactive ketones (excluding diaryl/α,β-unsaturated/α-hetero) is 3. The molecule has 0 saturated heterocycles. The summed E-state index contributed by atoms with van der Waals surface area (Å²) in [7, 11) is 0. The van der Waals surface area contributed by atoms with E-state index in [2.05, 4.69) is 0 Å². The molecule has 17 heavy (non-hydrogen) atoms. The number of nitrogens with zero attached hydrogens (tertiary/aromatic N) is 1. The van der Waals surface area contributed by atoms with E-state index in [-0.39, 0.29) is 11.1 Å². The predicted octanol–water partition coefficient (Wildman–Crippen LogP) is 1.18. The fourth-order valence-corrected chi connectivity index (χ4v) is 1.94. The molecule has 0 aliphatic heterocycles. The van der Waals surface area contributed by atoms with E-state index < -0.39 is 33.9 Å². The maximum Gasteiger partial charge on any atom is 0.280 e. The molecule has 0 radical (unpaired) electrons. The van der Waals surface area contributed by atoms with E-state index in [1.807, 2.05) is 0 Å². The van der Waals surface area contributed by atoms with E-state index in [1.54, 1.807) is 0 Å². The van der Waals surface area contributed by atoms with Gasteiger partial charge < -0.3 is 0 Å². The number of ketones is 3. The number of nitro groups is 1. The van der Waals surface area contributed by atoms with E-state index in [4.69, 9.17) is 0 Å². The summed E-state index contributed by atoms with van der Waals surface area (Å²) in [6.45, 7) is 1.12. The second kappa shape index (κ2) is 3.58. The lowest BCUT2D eigenvalue weighted by Gasteiger charge is -1.99. The minimum Gasteiger partial charge on any atom is -0.299 e. The van der Waals surface area contributed by atoms with Crippen LogP contribution in [0.5, 0.6) is 0 Å². The van der Waals surface area contributed by atoms with Crippen LogP contribution in [0.15, 0.2) is 18.2 Å². The van der Waals surface area contributed by atoms with Crippen molar-refractivity contribution in [2.24, 2.45) is 5.92 Å². The molecule has 1 aliphatic rings. The van der Waals surface area contributed by atoms with Crippen LogP contribution in [0.3, 0.4) is 0 Å². The topological polar surface area (TPSA) is 94.3 Å². The number of carbonyl (C=O) groups excluding carboxylic acids is 3. The molecule has 0 aromatic heterocycles. The van der Waals surface area contributed by atoms with Gasteiger partial charge in [-0.2, -0.15) is 0 Å². The van der Waals surface area contributed by atoms with E-state index in [9.17, 15) is 24.5 Å². The molecular formula is C11H7NO5. The average molecular weight is 233 g/mol. The van der Waals surface area contributed by atoms with Crippen molar-refractivity contribution in [3.05, 3.63) is 39.4 Å². The molecule has 86 valence electrons. The fraction of sp³-hybridized carbons (Fsp3) is 0.182. The van der Waals surface area contributed by atoms with Crippen molar-refractivity contribution in [1.82, 2.24) is 0 Å². The minimum atomic E-state index is -1.41. The molecule has 6 nitrogen and oxygen atoms in total. The van der Waals surface area contributed by atoms with Gasteiger partial charge in [0, 0.05) is 11.6 Å². The molecule has 0 heterocycles. The van der Waals surface area contributed by atoms with Crippen molar-refractivity contribution in [3.63, 3.8) is 0 Å². The van der Waals surface area contributed by atoms with Crippen LogP contribution in [0, 0.1) is 16.0 Å². The summed E-state index contributed by atoms with van der Waals surface area (Å²) in [4.78, 5) is 44.8. The largest absolute Gasteiger partial charge is 0.299 e. The molecule has 1 aliphatic carbocycles. The summed E-state index contributed by atoms with van der Waals surface area (Å²) in [6, 6.07) is 3.79. The number of benzene rings is 1. The summed E-state index contributed by atoms with van der Waals surface area (Å²) in [6.07, 6.45) is 0. The van der Waals surface area contributed by atoms with Crippen molar-refractivity contribution < 1.29 is 19.3 Å². The van der Waals surface area contributed by atoms with Gasteiger partial charge in [-0.3, -0.25) is 24.5 Å². The Labute approximate surface area is 95.4 Å². The Hall–Kier alpha value is -2.37. The zero-order chi connectivity index (χ0) is 12.7. The van der Waals surface area contributed by atoms with Crippen LogP contribution in [-0.2, 0) is 4.79 Å². The molecule has 1 atom stereocenters. The van der Waals surface area contributed by atoms with Gasteiger partial charge >= 0.3 is 0 Å². The number of carbonyl (C=O) groups is 3. The molecule has 0 saturated carbocycles. The first-order chi connectivity index (χ1) is 7.95. The Kier molecular flexibility index (Phi) is 2.35. The zero-order valence-corrected chi connectivity index (χ0v) is 8.80. The Morgan fingerprint density at radius 1 is 1.29 bits per heavy atom. The van der Waals surface area contributed by atoms with Crippen molar-refractivity contribution in [3.8, 4) is 0 Å². The van der Waals surface area contributed by atoms with Gasteiger partial charge in [-0.05, 0) is 6.92 Å². The molecule has 0 amide bonds. The molecule has 2 rings (SSSR count). The molecule has 6 heteroatoms. The maximum absolute atomic E-state index is 11.8. The lowest BCUT2D eigenvalue weighted by molar-refractivity contribution is -0.385. The van der Waals surface area contributed by atoms with Crippen LogP contribution < -0.4 is 0 Å². The van der Waals surface area contributed by atoms with Gasteiger partial charge in [-0.1, -0.05) is 12.1 Å². The summed E-state index contributed by atoms with van der Waals surface area (Å²) in [5.74, 6) is -3.43. The summed E-state index contributed by atoms with van der Waals surface area (Å²) < 4.78 is 0. The first-order valence-corrected chi connectivity index (χ1v) is 4.81. The smallest absolute Gasteiger partial charge is 0.280 e. The van der Waals surface area contributed by atoms with Crippen LogP contribution >= 0.6 is 0 Å². The molecule has 1 aromatic rings. The van der Waals surface area contributed by atoms with E-state index in [0.29, 0.717) is 0 Å². The van der Waals surface area contributed by atoms with Crippen LogP contribution in [0.1, 0.15) is 27.6 Å². The number of hydrogen-bond donors (Lipinski definition) is 0. The van der Waals surface area contributed by atoms with Crippen LogP contribution in [0.2, 0.25) is 0 Å². The highest BCUT2D eigenvalue weighted by atomic mass is 16.6. The van der Waals surface area contributed by atoms with Gasteiger partial charge in [-0.15, -0.1) is 0 Å². The van der Waals surface area contributed by atoms with Gasteiger partial charge in [0.1, 0.15) is 17.3 Å². The Bertz CT molecular complexity index is 575. The molecule has 0 fully saturated rings. The SMILES string of the molecule is CC(=O)[C@@H]1C(=O)c2cccc([N+](=O)[O-])c2C1=O. The van der Waals surface area contributed by atoms with E-state index in [0.717, 1.165) is 13.0 Å². The highest BCUT2D eigenvalue weighted by Gasteiger charge is 2.45. The third-order valence-corrected chi connectivity index (χ3v) is 2.68. The third-order valence-electron chi connectivity index (χ3n) is 2.68. The third kappa shape index (κ3) is 1.45. The second-order valence-corrected chi connectivity index (χ2v) is 3.73. The summed E-state index contributed by atoms with van der Waals surface area (Å²) in [5.41, 5.74) is -0.711. The van der Waals surface area contributed by atoms with Gasteiger partial charge in [0.15, 0.2) is 11.6 Å². The Morgan fingerprint density at radius 2 is 1.94 bits per heavy atom. The first kappa shape index (κ1) is 11.1. The molecule has 0 spiro atoms. The summed E-state index contributed by atoms with van der Waals surface area (Å²) >= 11 is 0. The predicted molar refractivity (Wildman–Crippen MR) is 55.9 cm³/mol. The highest BCUT2D eigenvalue weighted by molar-refractivity contribution is 6.36. The van der Waals surface area contributed by atoms with Crippen LogP contribution in [-0.4, -0.2) is 22.3 Å². The quantitative estimate of drug-likeness (QED) is 0.434. The van der Waals surface area contributed by atoms with Crippen LogP contribution in [0.4, 0.5) is 5.69 Å². The van der Waals surface area contributed by atoms with Crippen molar-refractivity contribution >= 4 is 23.0 Å².